The first kappa shape index (κ1) is 22.2. The van der Waals surface area contributed by atoms with E-state index in [1.54, 1.807) is 49.9 Å². The van der Waals surface area contributed by atoms with Crippen LogP contribution in [0.25, 0.3) is 0 Å². The van der Waals surface area contributed by atoms with Crippen molar-refractivity contribution in [2.45, 2.75) is 58.6 Å². The molecule has 1 fully saturated rings. The molecule has 1 saturated heterocycles. The Kier molecular flexibility index (Phi) is 7.47. The van der Waals surface area contributed by atoms with Crippen LogP contribution in [0.5, 0.6) is 0 Å². The summed E-state index contributed by atoms with van der Waals surface area (Å²) in [6.07, 6.45) is 2.90. The zero-order valence-corrected chi connectivity index (χ0v) is 17.7. The van der Waals surface area contributed by atoms with Gasteiger partial charge in [0.05, 0.1) is 0 Å². The highest BCUT2D eigenvalue weighted by Gasteiger charge is 2.46. The molecule has 0 bridgehead atoms. The van der Waals surface area contributed by atoms with Crippen LogP contribution in [-0.4, -0.2) is 47.4 Å². The molecule has 7 heteroatoms. The monoisotopic (exact) mass is 408 g/mol. The largest absolute Gasteiger partial charge is 0.460 e. The van der Waals surface area contributed by atoms with E-state index in [0.29, 0.717) is 17.1 Å². The molecule has 0 radical (unpaired) electrons. The number of halogens is 1. The summed E-state index contributed by atoms with van der Waals surface area (Å²) >= 11 is 5.86. The van der Waals surface area contributed by atoms with Gasteiger partial charge in [-0.2, -0.15) is 0 Å². The molecule has 2 atom stereocenters. The van der Waals surface area contributed by atoms with Gasteiger partial charge in [-0.1, -0.05) is 31.4 Å². The van der Waals surface area contributed by atoms with Crippen LogP contribution >= 0.6 is 11.6 Å². The number of hydrogen-bond donors (Lipinski definition) is 1. The third kappa shape index (κ3) is 5.96. The Morgan fingerprint density at radius 2 is 1.86 bits per heavy atom. The molecular formula is C21H29ClN2O4. The van der Waals surface area contributed by atoms with E-state index in [0.717, 1.165) is 19.3 Å². The highest BCUT2D eigenvalue weighted by Crippen LogP contribution is 2.24. The van der Waals surface area contributed by atoms with Gasteiger partial charge in [0.15, 0.2) is 0 Å². The second-order valence-corrected chi connectivity index (χ2v) is 8.53. The molecular weight excluding hydrogens is 380 g/mol. The van der Waals surface area contributed by atoms with Crippen LogP contribution in [-0.2, 0) is 14.3 Å². The maximum Gasteiger partial charge on any atom is 0.313 e. The van der Waals surface area contributed by atoms with E-state index in [4.69, 9.17) is 16.3 Å². The van der Waals surface area contributed by atoms with Crippen LogP contribution in [0, 0.1) is 5.92 Å². The molecule has 0 aliphatic carbocycles. The zero-order valence-electron chi connectivity index (χ0n) is 17.0. The fourth-order valence-electron chi connectivity index (χ4n) is 3.13. The summed E-state index contributed by atoms with van der Waals surface area (Å²) < 4.78 is 5.49. The van der Waals surface area contributed by atoms with Crippen molar-refractivity contribution in [2.75, 3.05) is 13.1 Å². The number of nitrogens with one attached hydrogen (secondary N) is 1. The Bertz CT molecular complexity index is 712. The van der Waals surface area contributed by atoms with E-state index in [2.05, 4.69) is 12.2 Å². The molecule has 6 nitrogen and oxygen atoms in total. The van der Waals surface area contributed by atoms with E-state index in [1.807, 2.05) is 0 Å². The van der Waals surface area contributed by atoms with Crippen molar-refractivity contribution in [3.05, 3.63) is 34.9 Å². The standard InChI is InChI=1S/C21H29ClN2O4/c1-5-6-7-12-24-13-16(20(27)28-21(2,3)4)17(19(24)26)23-18(25)14-8-10-15(22)11-9-14/h8-11,16-17H,5-7,12-13H2,1-4H3,(H,23,25)/t16-,17-/m1/s1. The van der Waals surface area contributed by atoms with Crippen LogP contribution in [0.15, 0.2) is 24.3 Å². The Hall–Kier alpha value is -2.08. The minimum absolute atomic E-state index is 0.241. The number of rotatable bonds is 7. The van der Waals surface area contributed by atoms with Gasteiger partial charge in [0.25, 0.3) is 5.91 Å². The van der Waals surface area contributed by atoms with E-state index < -0.39 is 29.4 Å². The van der Waals surface area contributed by atoms with Crippen molar-refractivity contribution in [1.29, 1.82) is 0 Å². The summed E-state index contributed by atoms with van der Waals surface area (Å²) in [5, 5.41) is 3.24. The van der Waals surface area contributed by atoms with Gasteiger partial charge in [-0.15, -0.1) is 0 Å². The van der Waals surface area contributed by atoms with Crippen LogP contribution < -0.4 is 5.32 Å². The van der Waals surface area contributed by atoms with Gasteiger partial charge < -0.3 is 15.0 Å². The molecule has 1 heterocycles. The summed E-state index contributed by atoms with van der Waals surface area (Å²) in [6, 6.07) is 5.45. The van der Waals surface area contributed by atoms with Gasteiger partial charge in [0, 0.05) is 23.7 Å². The van der Waals surface area contributed by atoms with Crippen molar-refractivity contribution in [2.24, 2.45) is 5.92 Å². The number of ether oxygens (including phenoxy) is 1. The molecule has 28 heavy (non-hydrogen) atoms. The average molecular weight is 409 g/mol. The molecule has 0 saturated carbocycles. The number of unbranched alkanes of at least 4 members (excludes halogenated alkanes) is 2. The third-order valence-electron chi connectivity index (χ3n) is 4.53. The molecule has 0 spiro atoms. The molecule has 1 aromatic rings. The van der Waals surface area contributed by atoms with Gasteiger partial charge in [0.2, 0.25) is 5.91 Å². The SMILES string of the molecule is CCCCCN1C[C@@H](C(=O)OC(C)(C)C)[C@@H](NC(=O)c2ccc(Cl)cc2)C1=O. The van der Waals surface area contributed by atoms with Gasteiger partial charge >= 0.3 is 5.97 Å². The average Bonchev–Trinajstić information content (AvgIpc) is 2.91. The second-order valence-electron chi connectivity index (χ2n) is 8.09. The minimum Gasteiger partial charge on any atom is -0.460 e. The van der Waals surface area contributed by atoms with Gasteiger partial charge in [0.1, 0.15) is 17.6 Å². The zero-order chi connectivity index (χ0) is 20.9. The number of nitrogens with zero attached hydrogens (tertiary/aromatic N) is 1. The lowest BCUT2D eigenvalue weighted by Gasteiger charge is -2.24. The van der Waals surface area contributed by atoms with Crippen LogP contribution in [0.2, 0.25) is 5.02 Å². The Balaban J connectivity index is 2.16. The number of hydrogen-bond acceptors (Lipinski definition) is 4. The Labute approximate surface area is 171 Å². The lowest BCUT2D eigenvalue weighted by Crippen LogP contribution is -2.47. The van der Waals surface area contributed by atoms with E-state index in [1.165, 1.54) is 0 Å². The summed E-state index contributed by atoms with van der Waals surface area (Å²) in [5.74, 6) is -1.86. The molecule has 1 aliphatic rings. The molecule has 2 amide bonds. The number of esters is 1. The van der Waals surface area contributed by atoms with Crippen molar-refractivity contribution < 1.29 is 19.1 Å². The summed E-state index contributed by atoms with van der Waals surface area (Å²) in [6.45, 7) is 8.25. The quantitative estimate of drug-likeness (QED) is 0.554. The molecule has 154 valence electrons. The Morgan fingerprint density at radius 1 is 1.21 bits per heavy atom. The maximum atomic E-state index is 12.9. The number of carbonyl (C=O) groups is 3. The van der Waals surface area contributed by atoms with E-state index >= 15 is 0 Å². The van der Waals surface area contributed by atoms with Gasteiger partial charge in [-0.05, 0) is 51.5 Å². The van der Waals surface area contributed by atoms with Gasteiger partial charge in [-0.25, -0.2) is 0 Å². The number of carbonyl (C=O) groups excluding carboxylic acids is 3. The lowest BCUT2D eigenvalue weighted by atomic mass is 10.0. The summed E-state index contributed by atoms with van der Waals surface area (Å²) in [7, 11) is 0. The molecule has 1 aromatic carbocycles. The maximum absolute atomic E-state index is 12.9. The fraction of sp³-hybridized carbons (Fsp3) is 0.571. The first-order valence-electron chi connectivity index (χ1n) is 9.70. The van der Waals surface area contributed by atoms with E-state index in [9.17, 15) is 14.4 Å². The highest BCUT2D eigenvalue weighted by molar-refractivity contribution is 6.30. The topological polar surface area (TPSA) is 75.7 Å². The van der Waals surface area contributed by atoms with Gasteiger partial charge in [-0.3, -0.25) is 14.4 Å². The second kappa shape index (κ2) is 9.41. The molecule has 1 aliphatic heterocycles. The highest BCUT2D eigenvalue weighted by atomic mass is 35.5. The Morgan fingerprint density at radius 3 is 2.43 bits per heavy atom. The van der Waals surface area contributed by atoms with E-state index in [-0.39, 0.29) is 12.5 Å². The van der Waals surface area contributed by atoms with Crippen molar-refractivity contribution in [1.82, 2.24) is 10.2 Å². The predicted octanol–water partition coefficient (Wildman–Crippen LogP) is 3.43. The fourth-order valence-corrected chi connectivity index (χ4v) is 3.26. The number of likely N-dealkylation sites (tertiary alicyclic amines) is 1. The molecule has 1 N–H and O–H groups in total. The molecule has 2 rings (SSSR count). The van der Waals surface area contributed by atoms with Crippen molar-refractivity contribution >= 4 is 29.4 Å². The molecule has 0 unspecified atom stereocenters. The predicted molar refractivity (Wildman–Crippen MR) is 108 cm³/mol. The van der Waals surface area contributed by atoms with Crippen molar-refractivity contribution in [3.63, 3.8) is 0 Å². The third-order valence-corrected chi connectivity index (χ3v) is 4.78. The van der Waals surface area contributed by atoms with Crippen LogP contribution in [0.1, 0.15) is 57.3 Å². The smallest absolute Gasteiger partial charge is 0.313 e. The minimum atomic E-state index is -0.931. The summed E-state index contributed by atoms with van der Waals surface area (Å²) in [4.78, 5) is 39.8. The van der Waals surface area contributed by atoms with Crippen LogP contribution in [0.3, 0.4) is 0 Å². The number of benzene rings is 1. The van der Waals surface area contributed by atoms with Crippen molar-refractivity contribution in [3.8, 4) is 0 Å². The summed E-state index contributed by atoms with van der Waals surface area (Å²) in [5.41, 5.74) is -0.287. The molecule has 0 aromatic heterocycles. The number of amides is 2. The van der Waals surface area contributed by atoms with Crippen LogP contribution in [0.4, 0.5) is 0 Å². The first-order chi connectivity index (χ1) is 13.1. The lowest BCUT2D eigenvalue weighted by molar-refractivity contribution is -0.160. The first-order valence-corrected chi connectivity index (χ1v) is 10.1. The normalized spacial score (nSPS) is 19.6.